The van der Waals surface area contributed by atoms with Crippen molar-refractivity contribution in [3.63, 3.8) is 0 Å². The van der Waals surface area contributed by atoms with Crippen molar-refractivity contribution in [2.45, 2.75) is 13.1 Å². The molecule has 1 saturated heterocycles. The van der Waals surface area contributed by atoms with Gasteiger partial charge in [0.2, 0.25) is 0 Å². The van der Waals surface area contributed by atoms with E-state index in [1.54, 1.807) is 32.4 Å². The highest BCUT2D eigenvalue weighted by Crippen LogP contribution is 2.23. The SMILES string of the molecule is CN=C(NCc1cc(OC)ccc1O)N1CCN(Cc2ccc(OC)c(F)c2)CC1. The Kier molecular flexibility index (Phi) is 7.35. The highest BCUT2D eigenvalue weighted by molar-refractivity contribution is 5.80. The lowest BCUT2D eigenvalue weighted by Crippen LogP contribution is -2.52. The number of nitrogens with zero attached hydrogens (tertiary/aromatic N) is 3. The second-order valence-electron chi connectivity index (χ2n) is 7.13. The molecule has 0 spiro atoms. The number of phenolic OH excluding ortho intramolecular Hbond substituents is 1. The molecule has 0 bridgehead atoms. The number of hydrogen-bond donors (Lipinski definition) is 2. The molecule has 1 heterocycles. The summed E-state index contributed by atoms with van der Waals surface area (Å²) in [6.07, 6.45) is 0. The molecule has 1 aliphatic heterocycles. The smallest absolute Gasteiger partial charge is 0.194 e. The Morgan fingerprint density at radius 1 is 1.10 bits per heavy atom. The van der Waals surface area contributed by atoms with E-state index >= 15 is 0 Å². The maximum absolute atomic E-state index is 13.9. The zero-order chi connectivity index (χ0) is 21.5. The van der Waals surface area contributed by atoms with E-state index in [0.717, 1.165) is 43.3 Å². The van der Waals surface area contributed by atoms with E-state index in [9.17, 15) is 9.50 Å². The number of phenols is 1. The molecule has 0 aliphatic carbocycles. The molecule has 7 nitrogen and oxygen atoms in total. The van der Waals surface area contributed by atoms with Crippen LogP contribution < -0.4 is 14.8 Å². The van der Waals surface area contributed by atoms with Crippen LogP contribution in [0.2, 0.25) is 0 Å². The van der Waals surface area contributed by atoms with E-state index in [1.165, 1.54) is 13.2 Å². The van der Waals surface area contributed by atoms with Crippen LogP contribution in [-0.2, 0) is 13.1 Å². The van der Waals surface area contributed by atoms with Gasteiger partial charge in [-0.1, -0.05) is 6.07 Å². The Hall–Kier alpha value is -3.00. The number of aromatic hydroxyl groups is 1. The van der Waals surface area contributed by atoms with Crippen LogP contribution in [0.3, 0.4) is 0 Å². The lowest BCUT2D eigenvalue weighted by molar-refractivity contribution is 0.172. The van der Waals surface area contributed by atoms with Gasteiger partial charge in [0, 0.05) is 51.9 Å². The van der Waals surface area contributed by atoms with Crippen molar-refractivity contribution in [2.24, 2.45) is 4.99 Å². The number of nitrogens with one attached hydrogen (secondary N) is 1. The minimum Gasteiger partial charge on any atom is -0.508 e. The van der Waals surface area contributed by atoms with E-state index in [4.69, 9.17) is 9.47 Å². The summed E-state index contributed by atoms with van der Waals surface area (Å²) in [6, 6.07) is 10.3. The van der Waals surface area contributed by atoms with Crippen molar-refractivity contribution in [2.75, 3.05) is 47.4 Å². The molecule has 0 saturated carbocycles. The molecule has 0 atom stereocenters. The predicted molar refractivity (Wildman–Crippen MR) is 115 cm³/mol. The Labute approximate surface area is 176 Å². The number of hydrogen-bond acceptors (Lipinski definition) is 5. The zero-order valence-electron chi connectivity index (χ0n) is 17.7. The highest BCUT2D eigenvalue weighted by Gasteiger charge is 2.20. The van der Waals surface area contributed by atoms with Gasteiger partial charge in [0.25, 0.3) is 0 Å². The van der Waals surface area contributed by atoms with Crippen LogP contribution in [0.4, 0.5) is 4.39 Å². The molecule has 0 aromatic heterocycles. The molecule has 30 heavy (non-hydrogen) atoms. The van der Waals surface area contributed by atoms with Gasteiger partial charge in [-0.2, -0.15) is 0 Å². The fraction of sp³-hybridized carbons (Fsp3) is 0.409. The van der Waals surface area contributed by atoms with E-state index in [-0.39, 0.29) is 17.3 Å². The molecule has 1 aliphatic rings. The van der Waals surface area contributed by atoms with Crippen molar-refractivity contribution in [3.8, 4) is 17.2 Å². The molecule has 2 aromatic carbocycles. The lowest BCUT2D eigenvalue weighted by Gasteiger charge is -2.36. The number of ether oxygens (including phenoxy) is 2. The fourth-order valence-electron chi connectivity index (χ4n) is 3.52. The second kappa shape index (κ2) is 10.2. The third-order valence-electron chi connectivity index (χ3n) is 5.23. The van der Waals surface area contributed by atoms with Crippen molar-refractivity contribution in [1.82, 2.24) is 15.1 Å². The number of methoxy groups -OCH3 is 2. The topological polar surface area (TPSA) is 69.6 Å². The molecule has 0 radical (unpaired) electrons. The number of halogens is 1. The van der Waals surface area contributed by atoms with Gasteiger partial charge in [0.05, 0.1) is 14.2 Å². The number of rotatable bonds is 6. The van der Waals surface area contributed by atoms with Gasteiger partial charge >= 0.3 is 0 Å². The third kappa shape index (κ3) is 5.33. The first-order valence-corrected chi connectivity index (χ1v) is 9.90. The van der Waals surface area contributed by atoms with Gasteiger partial charge in [-0.3, -0.25) is 9.89 Å². The molecule has 0 unspecified atom stereocenters. The Bertz CT molecular complexity index is 883. The maximum Gasteiger partial charge on any atom is 0.194 e. The summed E-state index contributed by atoms with van der Waals surface area (Å²) in [5.41, 5.74) is 1.67. The van der Waals surface area contributed by atoms with Crippen LogP contribution in [0.15, 0.2) is 41.4 Å². The predicted octanol–water partition coefficient (Wildman–Crippen LogP) is 2.44. The van der Waals surface area contributed by atoms with Gasteiger partial charge < -0.3 is 24.8 Å². The molecule has 0 amide bonds. The minimum atomic E-state index is -0.334. The van der Waals surface area contributed by atoms with Crippen LogP contribution >= 0.6 is 0 Å². The number of aliphatic imine (C=N–C) groups is 1. The first kappa shape index (κ1) is 21.7. The highest BCUT2D eigenvalue weighted by atomic mass is 19.1. The first-order valence-electron chi connectivity index (χ1n) is 9.90. The Balaban J connectivity index is 1.52. The molecular formula is C22H29FN4O3. The van der Waals surface area contributed by atoms with Gasteiger partial charge in [0.1, 0.15) is 11.5 Å². The first-order chi connectivity index (χ1) is 14.5. The van der Waals surface area contributed by atoms with Crippen LogP contribution in [0.5, 0.6) is 17.2 Å². The fourth-order valence-corrected chi connectivity index (χ4v) is 3.52. The number of benzene rings is 2. The van der Waals surface area contributed by atoms with Gasteiger partial charge in [-0.25, -0.2) is 4.39 Å². The van der Waals surface area contributed by atoms with Crippen LogP contribution in [0.25, 0.3) is 0 Å². The summed E-state index contributed by atoms with van der Waals surface area (Å²) < 4.78 is 24.1. The monoisotopic (exact) mass is 416 g/mol. The van der Waals surface area contributed by atoms with E-state index in [1.807, 2.05) is 12.1 Å². The molecule has 162 valence electrons. The summed E-state index contributed by atoms with van der Waals surface area (Å²) in [4.78, 5) is 8.85. The van der Waals surface area contributed by atoms with Gasteiger partial charge in [0.15, 0.2) is 17.5 Å². The molecule has 8 heteroatoms. The van der Waals surface area contributed by atoms with Crippen molar-refractivity contribution < 1.29 is 19.0 Å². The quantitative estimate of drug-likeness (QED) is 0.557. The molecule has 2 N–H and O–H groups in total. The summed E-state index contributed by atoms with van der Waals surface area (Å²) in [5.74, 6) is 1.63. The largest absolute Gasteiger partial charge is 0.508 e. The third-order valence-corrected chi connectivity index (χ3v) is 5.23. The van der Waals surface area contributed by atoms with E-state index in [2.05, 4.69) is 20.1 Å². The lowest BCUT2D eigenvalue weighted by atomic mass is 10.1. The number of piperazine rings is 1. The average molecular weight is 416 g/mol. The average Bonchev–Trinajstić information content (AvgIpc) is 2.76. The molecular weight excluding hydrogens is 387 g/mol. The summed E-state index contributed by atoms with van der Waals surface area (Å²) in [6.45, 7) is 4.45. The van der Waals surface area contributed by atoms with Crippen LogP contribution in [-0.4, -0.2) is 68.3 Å². The van der Waals surface area contributed by atoms with Gasteiger partial charge in [-0.05, 0) is 35.9 Å². The summed E-state index contributed by atoms with van der Waals surface area (Å²) in [5, 5.41) is 13.4. The Morgan fingerprint density at radius 3 is 2.50 bits per heavy atom. The van der Waals surface area contributed by atoms with E-state index in [0.29, 0.717) is 18.8 Å². The van der Waals surface area contributed by atoms with Crippen LogP contribution in [0.1, 0.15) is 11.1 Å². The van der Waals surface area contributed by atoms with Crippen molar-refractivity contribution in [3.05, 3.63) is 53.3 Å². The maximum atomic E-state index is 13.9. The normalized spacial score (nSPS) is 15.2. The zero-order valence-corrected chi connectivity index (χ0v) is 17.7. The summed E-state index contributed by atoms with van der Waals surface area (Å²) >= 11 is 0. The minimum absolute atomic E-state index is 0.218. The molecule has 3 rings (SSSR count). The summed E-state index contributed by atoms with van der Waals surface area (Å²) in [7, 11) is 4.82. The Morgan fingerprint density at radius 2 is 1.87 bits per heavy atom. The molecule has 2 aromatic rings. The standard InChI is InChI=1S/C22H29FN4O3/c1-24-22(25-14-17-13-18(29-2)5-6-20(17)28)27-10-8-26(9-11-27)15-16-4-7-21(30-3)19(23)12-16/h4-7,12-13,28H,8-11,14-15H2,1-3H3,(H,24,25). The van der Waals surface area contributed by atoms with Gasteiger partial charge in [-0.15, -0.1) is 0 Å². The molecule has 1 fully saturated rings. The van der Waals surface area contributed by atoms with Crippen molar-refractivity contribution >= 4 is 5.96 Å². The van der Waals surface area contributed by atoms with Crippen LogP contribution in [0, 0.1) is 5.82 Å². The number of guanidine groups is 1. The van der Waals surface area contributed by atoms with E-state index < -0.39 is 0 Å². The van der Waals surface area contributed by atoms with Crippen molar-refractivity contribution in [1.29, 1.82) is 0 Å². The second-order valence-corrected chi connectivity index (χ2v) is 7.13.